The number of hydrogen-bond donors (Lipinski definition) is 1. The van der Waals surface area contributed by atoms with E-state index in [1.165, 1.54) is 0 Å². The van der Waals surface area contributed by atoms with Crippen LogP contribution < -0.4 is 14.8 Å². The minimum absolute atomic E-state index is 0.0287. The molecule has 0 bridgehead atoms. The molecule has 1 saturated heterocycles. The molecular formula is C22H23ClN4O4. The van der Waals surface area contributed by atoms with Gasteiger partial charge >= 0.3 is 0 Å². The Balaban J connectivity index is 1.50. The van der Waals surface area contributed by atoms with E-state index in [9.17, 15) is 4.79 Å². The topological polar surface area (TPSA) is 89.7 Å². The van der Waals surface area contributed by atoms with E-state index >= 15 is 0 Å². The molecule has 1 fully saturated rings. The quantitative estimate of drug-likeness (QED) is 0.584. The van der Waals surface area contributed by atoms with E-state index in [1.807, 2.05) is 11.0 Å². The molecule has 0 spiro atoms. The van der Waals surface area contributed by atoms with Crippen LogP contribution >= 0.6 is 11.6 Å². The normalized spacial score (nSPS) is 13.3. The van der Waals surface area contributed by atoms with Gasteiger partial charge in [0.25, 0.3) is 5.91 Å². The summed E-state index contributed by atoms with van der Waals surface area (Å²) in [5, 5.41) is 7.78. The Morgan fingerprint density at radius 3 is 2.65 bits per heavy atom. The van der Waals surface area contributed by atoms with E-state index in [1.54, 1.807) is 44.6 Å². The van der Waals surface area contributed by atoms with Crippen molar-refractivity contribution in [3.05, 3.63) is 52.9 Å². The molecule has 1 aromatic heterocycles. The van der Waals surface area contributed by atoms with Crippen LogP contribution in [0, 0.1) is 0 Å². The van der Waals surface area contributed by atoms with Crippen molar-refractivity contribution in [2.45, 2.75) is 19.4 Å². The molecule has 1 amide bonds. The van der Waals surface area contributed by atoms with Crippen molar-refractivity contribution in [3.63, 3.8) is 0 Å². The van der Waals surface area contributed by atoms with Gasteiger partial charge in [-0.25, -0.2) is 0 Å². The van der Waals surface area contributed by atoms with E-state index in [0.717, 1.165) is 31.5 Å². The van der Waals surface area contributed by atoms with Gasteiger partial charge in [0.2, 0.25) is 11.7 Å². The number of carbonyl (C=O) groups excluding carboxylic acids is 1. The standard InChI is InChI=1S/C22H23ClN4O4/c1-29-18-8-5-14(11-19(18)30-2)21-25-20(31-26-21)13-24-17-7-6-15(23)12-16(17)22(28)27-9-3-4-10-27/h5-8,11-12,24H,3-4,9-10,13H2,1-2H3. The van der Waals surface area contributed by atoms with Gasteiger partial charge in [0.15, 0.2) is 11.5 Å². The number of amides is 1. The molecular weight excluding hydrogens is 420 g/mol. The van der Waals surface area contributed by atoms with Crippen molar-refractivity contribution < 1.29 is 18.8 Å². The number of aromatic nitrogens is 2. The van der Waals surface area contributed by atoms with Crippen LogP contribution in [0.4, 0.5) is 5.69 Å². The SMILES string of the molecule is COc1ccc(-c2noc(CNc3ccc(Cl)cc3C(=O)N3CCCC3)n2)cc1OC. The summed E-state index contributed by atoms with van der Waals surface area (Å²) < 4.78 is 16.0. The first kappa shape index (κ1) is 21.0. The summed E-state index contributed by atoms with van der Waals surface area (Å²) in [6.07, 6.45) is 2.05. The fourth-order valence-electron chi connectivity index (χ4n) is 3.53. The minimum atomic E-state index is -0.0287. The molecule has 8 nitrogen and oxygen atoms in total. The molecule has 4 rings (SSSR count). The molecule has 2 heterocycles. The molecule has 0 unspecified atom stereocenters. The number of nitrogens with one attached hydrogen (secondary N) is 1. The van der Waals surface area contributed by atoms with Crippen molar-refractivity contribution in [3.8, 4) is 22.9 Å². The van der Waals surface area contributed by atoms with Crippen LogP contribution in [-0.2, 0) is 6.54 Å². The van der Waals surface area contributed by atoms with E-state index in [4.69, 9.17) is 25.6 Å². The molecule has 0 saturated carbocycles. The number of methoxy groups -OCH3 is 2. The van der Waals surface area contributed by atoms with Gasteiger partial charge in [-0.2, -0.15) is 4.98 Å². The van der Waals surface area contributed by atoms with Crippen LogP contribution in [0.15, 0.2) is 40.9 Å². The first-order valence-corrected chi connectivity index (χ1v) is 10.3. The predicted molar refractivity (Wildman–Crippen MR) is 117 cm³/mol. The van der Waals surface area contributed by atoms with Gasteiger partial charge < -0.3 is 24.2 Å². The van der Waals surface area contributed by atoms with Gasteiger partial charge in [-0.05, 0) is 49.2 Å². The maximum absolute atomic E-state index is 12.9. The van der Waals surface area contributed by atoms with Crippen molar-refractivity contribution >= 4 is 23.2 Å². The highest BCUT2D eigenvalue weighted by molar-refractivity contribution is 6.31. The summed E-state index contributed by atoms with van der Waals surface area (Å²) in [6.45, 7) is 1.80. The number of nitrogens with zero attached hydrogens (tertiary/aromatic N) is 3. The van der Waals surface area contributed by atoms with Gasteiger partial charge in [0.1, 0.15) is 0 Å². The average Bonchev–Trinajstić information content (AvgIpc) is 3.49. The molecule has 1 aliphatic rings. The number of carbonyl (C=O) groups is 1. The first-order chi connectivity index (χ1) is 15.1. The van der Waals surface area contributed by atoms with Crippen molar-refractivity contribution in [1.82, 2.24) is 15.0 Å². The second kappa shape index (κ2) is 9.26. The molecule has 9 heteroatoms. The van der Waals surface area contributed by atoms with E-state index in [2.05, 4.69) is 15.5 Å². The van der Waals surface area contributed by atoms with Gasteiger partial charge in [-0.3, -0.25) is 4.79 Å². The second-order valence-corrected chi connectivity index (χ2v) is 7.56. The Hall–Kier alpha value is -3.26. The molecule has 3 aromatic rings. The maximum Gasteiger partial charge on any atom is 0.256 e. The lowest BCUT2D eigenvalue weighted by atomic mass is 10.1. The maximum atomic E-state index is 12.9. The third kappa shape index (κ3) is 4.59. The van der Waals surface area contributed by atoms with Crippen molar-refractivity contribution in [1.29, 1.82) is 0 Å². The monoisotopic (exact) mass is 442 g/mol. The summed E-state index contributed by atoms with van der Waals surface area (Å²) in [5.74, 6) is 1.99. The lowest BCUT2D eigenvalue weighted by Gasteiger charge is -2.18. The highest BCUT2D eigenvalue weighted by atomic mass is 35.5. The van der Waals surface area contributed by atoms with Crippen LogP contribution in [0.5, 0.6) is 11.5 Å². The van der Waals surface area contributed by atoms with E-state index in [0.29, 0.717) is 39.5 Å². The number of halogens is 1. The molecule has 162 valence electrons. The highest BCUT2D eigenvalue weighted by Crippen LogP contribution is 2.31. The Kier molecular flexibility index (Phi) is 6.27. The summed E-state index contributed by atoms with van der Waals surface area (Å²) in [4.78, 5) is 19.2. The third-order valence-electron chi connectivity index (χ3n) is 5.15. The van der Waals surface area contributed by atoms with Crippen LogP contribution in [0.3, 0.4) is 0 Å². The van der Waals surface area contributed by atoms with E-state index in [-0.39, 0.29) is 12.5 Å². The lowest BCUT2D eigenvalue weighted by Crippen LogP contribution is -2.28. The number of hydrogen-bond acceptors (Lipinski definition) is 7. The van der Waals surface area contributed by atoms with Gasteiger partial charge in [0, 0.05) is 29.4 Å². The fourth-order valence-corrected chi connectivity index (χ4v) is 3.70. The molecule has 31 heavy (non-hydrogen) atoms. The predicted octanol–water partition coefficient (Wildman–Crippen LogP) is 4.26. The number of rotatable bonds is 7. The van der Waals surface area contributed by atoms with Gasteiger partial charge in [-0.15, -0.1) is 0 Å². The summed E-state index contributed by atoms with van der Waals surface area (Å²) >= 11 is 6.14. The Bertz CT molecular complexity index is 1080. The van der Waals surface area contributed by atoms with E-state index < -0.39 is 0 Å². The third-order valence-corrected chi connectivity index (χ3v) is 5.38. The number of anilines is 1. The largest absolute Gasteiger partial charge is 0.493 e. The fraction of sp³-hybridized carbons (Fsp3) is 0.318. The van der Waals surface area contributed by atoms with Crippen molar-refractivity contribution in [2.75, 3.05) is 32.6 Å². The first-order valence-electron chi connectivity index (χ1n) is 9.96. The Morgan fingerprint density at radius 1 is 1.13 bits per heavy atom. The lowest BCUT2D eigenvalue weighted by molar-refractivity contribution is 0.0793. The molecule has 2 aromatic carbocycles. The number of ether oxygens (including phenoxy) is 2. The molecule has 1 aliphatic heterocycles. The van der Waals surface area contributed by atoms with Crippen LogP contribution in [0.25, 0.3) is 11.4 Å². The average molecular weight is 443 g/mol. The summed E-state index contributed by atoms with van der Waals surface area (Å²) in [7, 11) is 3.15. The van der Waals surface area contributed by atoms with Gasteiger partial charge in [-0.1, -0.05) is 16.8 Å². The minimum Gasteiger partial charge on any atom is -0.493 e. The van der Waals surface area contributed by atoms with Crippen LogP contribution in [0.2, 0.25) is 5.02 Å². The molecule has 0 radical (unpaired) electrons. The summed E-state index contributed by atoms with van der Waals surface area (Å²) in [6, 6.07) is 10.6. The highest BCUT2D eigenvalue weighted by Gasteiger charge is 2.22. The second-order valence-electron chi connectivity index (χ2n) is 7.12. The van der Waals surface area contributed by atoms with Gasteiger partial charge in [0.05, 0.1) is 26.3 Å². The number of benzene rings is 2. The smallest absolute Gasteiger partial charge is 0.256 e. The molecule has 1 N–H and O–H groups in total. The molecule has 0 atom stereocenters. The zero-order valence-corrected chi connectivity index (χ0v) is 18.1. The Labute approximate surface area is 185 Å². The van der Waals surface area contributed by atoms with Crippen LogP contribution in [-0.4, -0.2) is 48.3 Å². The number of likely N-dealkylation sites (tertiary alicyclic amines) is 1. The summed E-state index contributed by atoms with van der Waals surface area (Å²) in [5.41, 5.74) is 1.95. The van der Waals surface area contributed by atoms with Crippen molar-refractivity contribution in [2.24, 2.45) is 0 Å². The zero-order chi connectivity index (χ0) is 21.8. The Morgan fingerprint density at radius 2 is 1.90 bits per heavy atom. The molecule has 0 aliphatic carbocycles. The van der Waals surface area contributed by atoms with Crippen LogP contribution in [0.1, 0.15) is 29.1 Å². The zero-order valence-electron chi connectivity index (χ0n) is 17.4.